The Labute approximate surface area is 189 Å². The van der Waals surface area contributed by atoms with Crippen molar-refractivity contribution in [3.8, 4) is 0 Å². The van der Waals surface area contributed by atoms with Gasteiger partial charge in [-0.05, 0) is 37.1 Å². The van der Waals surface area contributed by atoms with Crippen molar-refractivity contribution in [3.05, 3.63) is 42.2 Å². The van der Waals surface area contributed by atoms with Crippen LogP contribution in [0.5, 0.6) is 0 Å². The van der Waals surface area contributed by atoms with Gasteiger partial charge in [-0.2, -0.15) is 0 Å². The Hall–Kier alpha value is -1.93. The van der Waals surface area contributed by atoms with Crippen LogP contribution in [0.25, 0.3) is 21.8 Å². The van der Waals surface area contributed by atoms with Crippen LogP contribution in [0.1, 0.15) is 24.8 Å². The average molecular weight is 401 g/mol. The van der Waals surface area contributed by atoms with Gasteiger partial charge in [0.25, 0.3) is 0 Å². The van der Waals surface area contributed by atoms with Gasteiger partial charge in [-0.15, -0.1) is 0 Å². The minimum Gasteiger partial charge on any atom is -0.548 e. The van der Waals surface area contributed by atoms with Crippen LogP contribution in [0.3, 0.4) is 0 Å². The number of aliphatic hydroxyl groups is 1. The molecule has 1 N–H and O–H groups in total. The number of fused-ring (bicyclic) bond motifs is 4. The number of carboxylic acids is 1. The molecule has 4 heterocycles. The van der Waals surface area contributed by atoms with E-state index in [2.05, 4.69) is 9.55 Å². The first-order chi connectivity index (χ1) is 13.4. The zero-order valence-corrected chi connectivity index (χ0v) is 18.6. The first-order valence-electron chi connectivity index (χ1n) is 9.43. The molecule has 144 valence electrons. The number of pyridine rings is 1. The van der Waals surface area contributed by atoms with E-state index in [0.29, 0.717) is 6.42 Å². The van der Waals surface area contributed by atoms with E-state index in [1.54, 1.807) is 13.1 Å². The number of amides is 1. The normalized spacial score (nSPS) is 26.9. The first-order valence-corrected chi connectivity index (χ1v) is 9.43. The van der Waals surface area contributed by atoms with Gasteiger partial charge in [0.05, 0.1) is 35.7 Å². The summed E-state index contributed by atoms with van der Waals surface area (Å²) in [5.74, 6) is -2.43. The Balaban J connectivity index is 0.00000205. The molecular weight excluding hydrogens is 381 g/mol. The summed E-state index contributed by atoms with van der Waals surface area (Å²) in [7, 11) is 1.98. The third kappa shape index (κ3) is 2.75. The van der Waals surface area contributed by atoms with E-state index >= 15 is 0 Å². The molecule has 2 aromatic heterocycles. The number of nitrogens with zero attached hydrogens (tertiary/aromatic N) is 3. The van der Waals surface area contributed by atoms with Gasteiger partial charge >= 0.3 is 29.6 Å². The molecule has 0 radical (unpaired) electrons. The fourth-order valence-electron chi connectivity index (χ4n) is 5.20. The molecule has 5 atom stereocenters. The number of benzene rings is 1. The van der Waals surface area contributed by atoms with Crippen LogP contribution < -0.4 is 34.7 Å². The molecular formula is C21H20N3NaO4. The minimum atomic E-state index is -1.24. The van der Waals surface area contributed by atoms with Crippen molar-refractivity contribution in [2.24, 2.45) is 13.0 Å². The average Bonchev–Trinajstić information content (AvgIpc) is 3.15. The van der Waals surface area contributed by atoms with Crippen LogP contribution >= 0.6 is 0 Å². The molecule has 1 aromatic carbocycles. The number of rotatable bonds is 3. The van der Waals surface area contributed by atoms with E-state index in [1.807, 2.05) is 37.5 Å². The van der Waals surface area contributed by atoms with Gasteiger partial charge in [-0.25, -0.2) is 0 Å². The summed E-state index contributed by atoms with van der Waals surface area (Å²) in [6, 6.07) is 6.64. The van der Waals surface area contributed by atoms with Gasteiger partial charge in [0, 0.05) is 41.5 Å². The second-order valence-corrected chi connectivity index (χ2v) is 7.91. The van der Waals surface area contributed by atoms with Crippen LogP contribution in [0.15, 0.2) is 36.7 Å². The van der Waals surface area contributed by atoms with Crippen LogP contribution in [-0.2, 0) is 16.6 Å². The van der Waals surface area contributed by atoms with E-state index in [9.17, 15) is 19.8 Å². The van der Waals surface area contributed by atoms with Crippen LogP contribution in [0, 0.1) is 5.92 Å². The molecule has 2 aliphatic heterocycles. The first kappa shape index (κ1) is 20.3. The van der Waals surface area contributed by atoms with Gasteiger partial charge in [0.15, 0.2) is 0 Å². The van der Waals surface area contributed by atoms with Gasteiger partial charge in [0.2, 0.25) is 5.91 Å². The summed E-state index contributed by atoms with van der Waals surface area (Å²) in [6.07, 6.45) is 3.28. The quantitative estimate of drug-likeness (QED) is 0.388. The Morgan fingerprint density at radius 2 is 2.03 bits per heavy atom. The SMILES string of the molecule is C[C@@H](O)[C@H]1C(=O)N2C(C(=O)[O-])C(c3ccc4c(c3)c3ccncc3n4C)C[C@H]12.[Na+]. The summed E-state index contributed by atoms with van der Waals surface area (Å²) in [4.78, 5) is 29.9. The van der Waals surface area contributed by atoms with E-state index < -0.39 is 24.0 Å². The number of carbonyl (C=O) groups excluding carboxylic acids is 2. The topological polar surface area (TPSA) is 98.5 Å². The van der Waals surface area contributed by atoms with E-state index in [1.165, 1.54) is 4.90 Å². The van der Waals surface area contributed by atoms with Gasteiger partial charge in [0.1, 0.15) is 0 Å². The van der Waals surface area contributed by atoms with Crippen molar-refractivity contribution in [2.75, 3.05) is 0 Å². The van der Waals surface area contributed by atoms with E-state index in [0.717, 1.165) is 27.4 Å². The van der Waals surface area contributed by atoms with E-state index in [4.69, 9.17) is 0 Å². The summed E-state index contributed by atoms with van der Waals surface area (Å²) >= 11 is 0. The second kappa shape index (κ2) is 7.09. The van der Waals surface area contributed by atoms with Gasteiger partial charge in [-0.1, -0.05) is 6.07 Å². The number of aliphatic carboxylic acids is 1. The standard InChI is InChI=1S/C21H21N3O4.Na/c1-10(25)18-16-8-13(19(21(27)28)24(16)20(18)26)11-3-4-15-14(7-11)12-5-6-22-9-17(12)23(15)2;/h3-7,9-10,13,16,18-19,25H,8H2,1-2H3,(H,27,28);/q;+1/p-1/t10-,13?,16-,18-,19?;/m1./s1. The Morgan fingerprint density at radius 1 is 1.28 bits per heavy atom. The maximum absolute atomic E-state index is 12.4. The predicted molar refractivity (Wildman–Crippen MR) is 100 cm³/mol. The third-order valence-electron chi connectivity index (χ3n) is 6.51. The van der Waals surface area contributed by atoms with Crippen LogP contribution in [0.4, 0.5) is 0 Å². The summed E-state index contributed by atoms with van der Waals surface area (Å²) < 4.78 is 2.06. The Bertz CT molecular complexity index is 1140. The van der Waals surface area contributed by atoms with Crippen molar-refractivity contribution in [1.82, 2.24) is 14.5 Å². The minimum absolute atomic E-state index is 0. The molecule has 0 aliphatic carbocycles. The number of aliphatic hydroxyl groups excluding tert-OH is 1. The monoisotopic (exact) mass is 401 g/mol. The molecule has 3 aromatic rings. The van der Waals surface area contributed by atoms with Crippen molar-refractivity contribution in [2.45, 2.75) is 37.5 Å². The fourth-order valence-corrected chi connectivity index (χ4v) is 5.20. The number of carbonyl (C=O) groups is 2. The van der Waals surface area contributed by atoms with Crippen LogP contribution in [-0.4, -0.2) is 49.6 Å². The maximum atomic E-state index is 12.4. The number of hydrogen-bond donors (Lipinski definition) is 1. The molecule has 5 rings (SSSR count). The molecule has 2 aliphatic rings. The molecule has 8 heteroatoms. The van der Waals surface area contributed by atoms with Crippen molar-refractivity contribution < 1.29 is 49.4 Å². The maximum Gasteiger partial charge on any atom is 1.00 e. The van der Waals surface area contributed by atoms with Gasteiger partial charge < -0.3 is 24.5 Å². The number of hydrogen-bond acceptors (Lipinski definition) is 5. The molecule has 0 spiro atoms. The summed E-state index contributed by atoms with van der Waals surface area (Å²) in [5, 5.41) is 23.9. The molecule has 2 fully saturated rings. The summed E-state index contributed by atoms with van der Waals surface area (Å²) in [6.45, 7) is 1.58. The molecule has 2 unspecified atom stereocenters. The third-order valence-corrected chi connectivity index (χ3v) is 6.51. The largest absolute Gasteiger partial charge is 1.00 e. The molecule has 7 nitrogen and oxygen atoms in total. The Kier molecular flexibility index (Phi) is 4.98. The molecule has 0 saturated carbocycles. The number of aromatic nitrogens is 2. The zero-order chi connectivity index (χ0) is 19.7. The molecule has 0 bridgehead atoms. The zero-order valence-electron chi connectivity index (χ0n) is 16.6. The molecule has 29 heavy (non-hydrogen) atoms. The second-order valence-electron chi connectivity index (χ2n) is 7.91. The van der Waals surface area contributed by atoms with Crippen molar-refractivity contribution >= 4 is 33.7 Å². The van der Waals surface area contributed by atoms with Gasteiger partial charge in [-0.3, -0.25) is 9.78 Å². The van der Waals surface area contributed by atoms with E-state index in [-0.39, 0.29) is 47.4 Å². The number of carboxylic acid groups (broad SMARTS) is 1. The number of aryl methyl sites for hydroxylation is 1. The fraction of sp³-hybridized carbons (Fsp3) is 0.381. The smallest absolute Gasteiger partial charge is 0.548 e. The molecule has 2 saturated heterocycles. The molecule has 1 amide bonds. The van der Waals surface area contributed by atoms with Crippen molar-refractivity contribution in [3.63, 3.8) is 0 Å². The summed E-state index contributed by atoms with van der Waals surface area (Å²) in [5.41, 5.74) is 2.92. The van der Waals surface area contributed by atoms with Crippen LogP contribution in [0.2, 0.25) is 0 Å². The Morgan fingerprint density at radius 3 is 2.72 bits per heavy atom. The van der Waals surface area contributed by atoms with Crippen molar-refractivity contribution in [1.29, 1.82) is 0 Å². The number of β-lactam (4-membered cyclic amide) rings is 1. The predicted octanol–water partition coefficient (Wildman–Crippen LogP) is -2.46.